The number of aryl methyl sites for hydroxylation is 1. The zero-order valence-corrected chi connectivity index (χ0v) is 15.4. The number of fused-ring (bicyclic) bond motifs is 1. The van der Waals surface area contributed by atoms with Crippen molar-refractivity contribution in [2.24, 2.45) is 0 Å². The fraction of sp³-hybridized carbons (Fsp3) is 0.300. The van der Waals surface area contributed by atoms with Gasteiger partial charge >= 0.3 is 11.9 Å². The van der Waals surface area contributed by atoms with Crippen molar-refractivity contribution in [1.29, 1.82) is 0 Å². The van der Waals surface area contributed by atoms with Crippen molar-refractivity contribution >= 4 is 22.8 Å². The monoisotopic (exact) mass is 354 g/mol. The van der Waals surface area contributed by atoms with Gasteiger partial charge in [-0.2, -0.15) is 0 Å². The minimum atomic E-state index is -0.531. The summed E-state index contributed by atoms with van der Waals surface area (Å²) in [5.74, 6) is -1.06. The van der Waals surface area contributed by atoms with Crippen molar-refractivity contribution < 1.29 is 19.1 Å². The quantitative estimate of drug-likeness (QED) is 0.713. The Balaban J connectivity index is 1.98. The van der Waals surface area contributed by atoms with Gasteiger partial charge in [-0.15, -0.1) is 0 Å². The normalized spacial score (nSPS) is 10.9. The van der Waals surface area contributed by atoms with Gasteiger partial charge in [0.15, 0.2) is 0 Å². The van der Waals surface area contributed by atoms with Gasteiger partial charge in [-0.3, -0.25) is 0 Å². The first kappa shape index (κ1) is 17.8. The lowest BCUT2D eigenvalue weighted by molar-refractivity contribution is 0.0555. The van der Waals surface area contributed by atoms with Gasteiger partial charge in [-0.25, -0.2) is 9.59 Å². The molecule has 2 aromatic heterocycles. The van der Waals surface area contributed by atoms with Gasteiger partial charge in [-0.1, -0.05) is 18.2 Å². The summed E-state index contributed by atoms with van der Waals surface area (Å²) >= 11 is 0. The molecule has 6 nitrogen and oxygen atoms in total. The first-order valence-corrected chi connectivity index (χ1v) is 8.40. The summed E-state index contributed by atoms with van der Waals surface area (Å²) in [7, 11) is 2.61. The SMILES string of the molecule is COC(=O)c1c(C(=O)OC)c(C)n(CCc2c[nH]c3ccccc23)c1C. The van der Waals surface area contributed by atoms with Crippen molar-refractivity contribution in [3.05, 3.63) is 58.5 Å². The van der Waals surface area contributed by atoms with E-state index in [1.54, 1.807) is 0 Å². The maximum absolute atomic E-state index is 12.2. The lowest BCUT2D eigenvalue weighted by Gasteiger charge is -2.09. The molecule has 0 atom stereocenters. The van der Waals surface area contributed by atoms with Gasteiger partial charge in [0.25, 0.3) is 0 Å². The molecule has 6 heteroatoms. The van der Waals surface area contributed by atoms with Crippen LogP contribution in [0.25, 0.3) is 10.9 Å². The molecular weight excluding hydrogens is 332 g/mol. The van der Waals surface area contributed by atoms with Crippen LogP contribution in [0.4, 0.5) is 0 Å². The van der Waals surface area contributed by atoms with Crippen LogP contribution in [0.1, 0.15) is 37.7 Å². The summed E-state index contributed by atoms with van der Waals surface area (Å²) in [6, 6.07) is 8.12. The molecule has 1 aromatic carbocycles. The second-order valence-electron chi connectivity index (χ2n) is 6.17. The predicted octanol–water partition coefficient (Wildman–Crippen LogP) is 3.40. The molecule has 0 saturated heterocycles. The molecule has 0 fully saturated rings. The summed E-state index contributed by atoms with van der Waals surface area (Å²) in [6.45, 7) is 4.28. The molecule has 26 heavy (non-hydrogen) atoms. The van der Waals surface area contributed by atoms with Gasteiger partial charge in [-0.05, 0) is 31.9 Å². The highest BCUT2D eigenvalue weighted by Gasteiger charge is 2.28. The smallest absolute Gasteiger partial charge is 0.340 e. The van der Waals surface area contributed by atoms with Crippen molar-refractivity contribution in [2.45, 2.75) is 26.8 Å². The number of carbonyl (C=O) groups excluding carboxylic acids is 2. The van der Waals surface area contributed by atoms with Crippen LogP contribution < -0.4 is 0 Å². The Morgan fingerprint density at radius 2 is 1.58 bits per heavy atom. The van der Waals surface area contributed by atoms with Gasteiger partial charge < -0.3 is 19.0 Å². The van der Waals surface area contributed by atoms with Crippen LogP contribution in [0.5, 0.6) is 0 Å². The zero-order valence-electron chi connectivity index (χ0n) is 15.4. The predicted molar refractivity (Wildman–Crippen MR) is 98.6 cm³/mol. The third-order valence-corrected chi connectivity index (χ3v) is 4.84. The van der Waals surface area contributed by atoms with Crippen LogP contribution in [0.15, 0.2) is 30.5 Å². The van der Waals surface area contributed by atoms with E-state index in [9.17, 15) is 9.59 Å². The Morgan fingerprint density at radius 1 is 1.00 bits per heavy atom. The average Bonchev–Trinajstić information content (AvgIpc) is 3.17. The summed E-state index contributed by atoms with van der Waals surface area (Å²) in [4.78, 5) is 27.7. The highest BCUT2D eigenvalue weighted by molar-refractivity contribution is 6.05. The fourth-order valence-electron chi connectivity index (χ4n) is 3.49. The third-order valence-electron chi connectivity index (χ3n) is 4.84. The Hall–Kier alpha value is -3.02. The molecule has 3 rings (SSSR count). The topological polar surface area (TPSA) is 73.3 Å². The number of hydrogen-bond donors (Lipinski definition) is 1. The second kappa shape index (κ2) is 7.07. The number of methoxy groups -OCH3 is 2. The lowest BCUT2D eigenvalue weighted by atomic mass is 10.1. The Kier molecular flexibility index (Phi) is 4.84. The number of carbonyl (C=O) groups is 2. The number of benzene rings is 1. The maximum Gasteiger partial charge on any atom is 0.340 e. The molecule has 0 spiro atoms. The maximum atomic E-state index is 12.2. The van der Waals surface area contributed by atoms with E-state index in [-0.39, 0.29) is 11.1 Å². The molecule has 2 heterocycles. The van der Waals surface area contributed by atoms with E-state index in [1.807, 2.05) is 42.8 Å². The van der Waals surface area contributed by atoms with E-state index < -0.39 is 11.9 Å². The molecule has 0 unspecified atom stereocenters. The number of nitrogens with zero attached hydrogens (tertiary/aromatic N) is 1. The van der Waals surface area contributed by atoms with E-state index in [1.165, 1.54) is 25.2 Å². The summed E-state index contributed by atoms with van der Waals surface area (Å²) in [6.07, 6.45) is 2.77. The molecule has 0 aliphatic carbocycles. The zero-order chi connectivity index (χ0) is 18.8. The first-order chi connectivity index (χ1) is 12.5. The minimum absolute atomic E-state index is 0.274. The van der Waals surface area contributed by atoms with E-state index in [2.05, 4.69) is 11.1 Å². The van der Waals surface area contributed by atoms with Crippen LogP contribution in [0.3, 0.4) is 0 Å². The van der Waals surface area contributed by atoms with E-state index in [4.69, 9.17) is 9.47 Å². The van der Waals surface area contributed by atoms with Gasteiger partial charge in [0, 0.05) is 35.0 Å². The first-order valence-electron chi connectivity index (χ1n) is 8.40. The van der Waals surface area contributed by atoms with E-state index in [0.29, 0.717) is 17.9 Å². The number of aromatic amines is 1. The highest BCUT2D eigenvalue weighted by Crippen LogP contribution is 2.26. The Labute approximate surface area is 151 Å². The van der Waals surface area contributed by atoms with Crippen LogP contribution in [0.2, 0.25) is 0 Å². The summed E-state index contributed by atoms with van der Waals surface area (Å²) in [5.41, 5.74) is 4.23. The number of para-hydroxylation sites is 1. The number of hydrogen-bond acceptors (Lipinski definition) is 4. The molecule has 0 amide bonds. The van der Waals surface area contributed by atoms with E-state index in [0.717, 1.165) is 11.9 Å². The number of ether oxygens (including phenoxy) is 2. The number of esters is 2. The van der Waals surface area contributed by atoms with Gasteiger partial charge in [0.2, 0.25) is 0 Å². The molecule has 0 saturated carbocycles. The van der Waals surface area contributed by atoms with E-state index >= 15 is 0 Å². The molecule has 0 aliphatic heterocycles. The molecule has 1 N–H and O–H groups in total. The summed E-state index contributed by atoms with van der Waals surface area (Å²) < 4.78 is 11.7. The molecule has 0 bridgehead atoms. The standard InChI is InChI=1S/C20H22N2O4/c1-12-17(19(23)25-3)18(20(24)26-4)13(2)22(12)10-9-14-11-21-16-8-6-5-7-15(14)16/h5-8,11,21H,9-10H2,1-4H3. The van der Waals surface area contributed by atoms with Crippen LogP contribution >= 0.6 is 0 Å². The van der Waals surface area contributed by atoms with Crippen LogP contribution in [-0.2, 0) is 22.4 Å². The number of aromatic nitrogens is 2. The molecule has 0 radical (unpaired) electrons. The molecule has 0 aliphatic rings. The van der Waals surface area contributed by atoms with Crippen molar-refractivity contribution in [3.63, 3.8) is 0 Å². The molecule has 136 valence electrons. The average molecular weight is 354 g/mol. The van der Waals surface area contributed by atoms with Crippen LogP contribution in [0, 0.1) is 13.8 Å². The number of nitrogens with one attached hydrogen (secondary N) is 1. The minimum Gasteiger partial charge on any atom is -0.465 e. The number of rotatable bonds is 5. The second-order valence-corrected chi connectivity index (χ2v) is 6.17. The van der Waals surface area contributed by atoms with Gasteiger partial charge in [0.05, 0.1) is 25.3 Å². The van der Waals surface area contributed by atoms with Gasteiger partial charge in [0.1, 0.15) is 0 Å². The Morgan fingerprint density at radius 3 is 2.15 bits per heavy atom. The van der Waals surface area contributed by atoms with Crippen molar-refractivity contribution in [2.75, 3.05) is 14.2 Å². The summed E-state index contributed by atoms with van der Waals surface area (Å²) in [5, 5.41) is 1.18. The molecule has 3 aromatic rings. The number of H-pyrrole nitrogens is 1. The third kappa shape index (κ3) is 2.87. The molecular formula is C20H22N2O4. The lowest BCUT2D eigenvalue weighted by Crippen LogP contribution is -2.11. The highest BCUT2D eigenvalue weighted by atomic mass is 16.5. The van der Waals surface area contributed by atoms with Crippen molar-refractivity contribution in [1.82, 2.24) is 9.55 Å². The Bertz CT molecular complexity index is 942. The largest absolute Gasteiger partial charge is 0.465 e. The van der Waals surface area contributed by atoms with Crippen LogP contribution in [-0.4, -0.2) is 35.7 Å². The van der Waals surface area contributed by atoms with Crippen molar-refractivity contribution in [3.8, 4) is 0 Å². The fourth-order valence-corrected chi connectivity index (χ4v) is 3.49.